The van der Waals surface area contributed by atoms with Gasteiger partial charge in [-0.3, -0.25) is 15.0 Å². The Labute approximate surface area is 109 Å². The van der Waals surface area contributed by atoms with Gasteiger partial charge in [-0.1, -0.05) is 6.92 Å². The molecule has 2 N–H and O–H groups in total. The fourth-order valence-electron chi connectivity index (χ4n) is 3.53. The Hall–Kier alpha value is -0.610. The van der Waals surface area contributed by atoms with Crippen LogP contribution in [0.25, 0.3) is 0 Å². The molecule has 102 valence electrons. The molecular weight excluding hydrogens is 228 g/mol. The highest BCUT2D eigenvalue weighted by atomic mass is 16.4. The highest BCUT2D eigenvalue weighted by molar-refractivity contribution is 5.79. The van der Waals surface area contributed by atoms with E-state index in [9.17, 15) is 9.90 Å². The number of nitrogens with zero attached hydrogens (tertiary/aromatic N) is 1. The Morgan fingerprint density at radius 2 is 2.00 bits per heavy atom. The smallest absolute Gasteiger partial charge is 0.323 e. The molecule has 3 rings (SSSR count). The molecule has 0 saturated heterocycles. The monoisotopic (exact) mass is 252 g/mol. The van der Waals surface area contributed by atoms with E-state index in [-0.39, 0.29) is 0 Å². The van der Waals surface area contributed by atoms with E-state index in [1.165, 1.54) is 12.8 Å². The van der Waals surface area contributed by atoms with E-state index >= 15 is 0 Å². The number of carboxylic acids is 1. The Morgan fingerprint density at radius 3 is 2.50 bits per heavy atom. The minimum absolute atomic E-state index is 0.468. The summed E-state index contributed by atoms with van der Waals surface area (Å²) in [5.41, 5.74) is -0.631. The van der Waals surface area contributed by atoms with Gasteiger partial charge >= 0.3 is 5.97 Å². The van der Waals surface area contributed by atoms with Crippen molar-refractivity contribution in [2.45, 2.75) is 75.5 Å². The number of nitrogens with one attached hydrogen (secondary N) is 1. The molecule has 0 aromatic heterocycles. The van der Waals surface area contributed by atoms with Crippen molar-refractivity contribution in [1.29, 1.82) is 0 Å². The summed E-state index contributed by atoms with van der Waals surface area (Å²) in [5.74, 6) is -0.635. The standard InChI is InChI=1S/C14H24N2O2/c1-2-16(11-5-6-11)12-7-8-14(9-12,13(17)18)15-10-3-4-10/h10-12,15H,2-9H2,1H3,(H,17,18). The predicted octanol–water partition coefficient (Wildman–Crippen LogP) is 1.60. The maximum atomic E-state index is 11.6. The second-order valence-electron chi connectivity index (χ2n) is 6.26. The topological polar surface area (TPSA) is 52.6 Å². The summed E-state index contributed by atoms with van der Waals surface area (Å²) in [5, 5.41) is 13.0. The molecular formula is C14H24N2O2. The van der Waals surface area contributed by atoms with E-state index in [2.05, 4.69) is 17.1 Å². The zero-order chi connectivity index (χ0) is 12.8. The van der Waals surface area contributed by atoms with E-state index in [1.54, 1.807) is 0 Å². The molecule has 0 spiro atoms. The van der Waals surface area contributed by atoms with Crippen molar-refractivity contribution in [2.24, 2.45) is 0 Å². The van der Waals surface area contributed by atoms with Gasteiger partial charge in [-0.25, -0.2) is 0 Å². The van der Waals surface area contributed by atoms with Crippen molar-refractivity contribution in [3.8, 4) is 0 Å². The quantitative estimate of drug-likeness (QED) is 0.754. The summed E-state index contributed by atoms with van der Waals surface area (Å²) in [7, 11) is 0. The van der Waals surface area contributed by atoms with Crippen LogP contribution in [-0.4, -0.2) is 46.2 Å². The first-order valence-corrected chi connectivity index (χ1v) is 7.41. The SMILES string of the molecule is CCN(C1CC1)C1CCC(NC2CC2)(C(=O)O)C1. The molecule has 4 heteroatoms. The molecule has 0 bridgehead atoms. The minimum atomic E-state index is -0.635. The summed E-state index contributed by atoms with van der Waals surface area (Å²) in [6.07, 6.45) is 7.55. The fourth-order valence-corrected chi connectivity index (χ4v) is 3.53. The highest BCUT2D eigenvalue weighted by Crippen LogP contribution is 2.40. The van der Waals surface area contributed by atoms with Gasteiger partial charge in [-0.2, -0.15) is 0 Å². The average Bonchev–Trinajstić information content (AvgIpc) is 3.22. The molecule has 0 amide bonds. The van der Waals surface area contributed by atoms with Crippen molar-refractivity contribution in [3.63, 3.8) is 0 Å². The number of rotatable bonds is 6. The lowest BCUT2D eigenvalue weighted by Crippen LogP contribution is -2.52. The zero-order valence-electron chi connectivity index (χ0n) is 11.2. The van der Waals surface area contributed by atoms with Gasteiger partial charge in [0.2, 0.25) is 0 Å². The first-order chi connectivity index (χ1) is 8.64. The largest absolute Gasteiger partial charge is 0.480 e. The lowest BCUT2D eigenvalue weighted by Gasteiger charge is -2.30. The maximum Gasteiger partial charge on any atom is 0.323 e. The third-order valence-electron chi connectivity index (χ3n) is 4.81. The van der Waals surface area contributed by atoms with Crippen LogP contribution in [0.5, 0.6) is 0 Å². The first kappa shape index (κ1) is 12.4. The summed E-state index contributed by atoms with van der Waals surface area (Å²) in [6.45, 7) is 3.27. The molecule has 2 unspecified atom stereocenters. The molecule has 0 aromatic rings. The molecule has 2 atom stereocenters. The highest BCUT2D eigenvalue weighted by Gasteiger charge is 2.50. The Bertz CT molecular complexity index is 339. The summed E-state index contributed by atoms with van der Waals surface area (Å²) < 4.78 is 0. The zero-order valence-corrected chi connectivity index (χ0v) is 11.2. The van der Waals surface area contributed by atoms with Gasteiger partial charge in [-0.05, 0) is 51.5 Å². The Kier molecular flexibility index (Phi) is 3.10. The second kappa shape index (κ2) is 4.49. The maximum absolute atomic E-state index is 11.6. The third-order valence-corrected chi connectivity index (χ3v) is 4.81. The van der Waals surface area contributed by atoms with Crippen LogP contribution in [0, 0.1) is 0 Å². The second-order valence-corrected chi connectivity index (χ2v) is 6.26. The van der Waals surface area contributed by atoms with Crippen LogP contribution in [0.2, 0.25) is 0 Å². The summed E-state index contributed by atoms with van der Waals surface area (Å²) >= 11 is 0. The number of hydrogen-bond acceptors (Lipinski definition) is 3. The van der Waals surface area contributed by atoms with Crippen LogP contribution in [0.4, 0.5) is 0 Å². The van der Waals surface area contributed by atoms with Gasteiger partial charge in [0.25, 0.3) is 0 Å². The Morgan fingerprint density at radius 1 is 1.28 bits per heavy atom. The lowest BCUT2D eigenvalue weighted by atomic mass is 9.97. The van der Waals surface area contributed by atoms with Crippen LogP contribution >= 0.6 is 0 Å². The van der Waals surface area contributed by atoms with E-state index in [0.717, 1.165) is 44.7 Å². The Balaban J connectivity index is 1.68. The molecule has 3 saturated carbocycles. The number of aliphatic carboxylic acids is 1. The fraction of sp³-hybridized carbons (Fsp3) is 0.929. The number of carbonyl (C=O) groups is 1. The van der Waals surface area contributed by atoms with Crippen LogP contribution < -0.4 is 5.32 Å². The van der Waals surface area contributed by atoms with E-state index in [4.69, 9.17) is 0 Å². The van der Waals surface area contributed by atoms with E-state index in [1.807, 2.05) is 0 Å². The predicted molar refractivity (Wildman–Crippen MR) is 69.6 cm³/mol. The van der Waals surface area contributed by atoms with Crippen molar-refractivity contribution < 1.29 is 9.90 Å². The molecule has 3 fully saturated rings. The average molecular weight is 252 g/mol. The molecule has 4 nitrogen and oxygen atoms in total. The van der Waals surface area contributed by atoms with Gasteiger partial charge in [0.05, 0.1) is 0 Å². The summed E-state index contributed by atoms with van der Waals surface area (Å²) in [6, 6.07) is 1.69. The van der Waals surface area contributed by atoms with Crippen molar-refractivity contribution in [3.05, 3.63) is 0 Å². The van der Waals surface area contributed by atoms with Crippen LogP contribution in [0.1, 0.15) is 51.9 Å². The number of carboxylic acid groups (broad SMARTS) is 1. The van der Waals surface area contributed by atoms with E-state index in [0.29, 0.717) is 12.1 Å². The molecule has 0 aliphatic heterocycles. The van der Waals surface area contributed by atoms with Crippen molar-refractivity contribution >= 4 is 5.97 Å². The molecule has 3 aliphatic rings. The van der Waals surface area contributed by atoms with Crippen LogP contribution in [-0.2, 0) is 4.79 Å². The van der Waals surface area contributed by atoms with E-state index < -0.39 is 11.5 Å². The lowest BCUT2D eigenvalue weighted by molar-refractivity contribution is -0.145. The van der Waals surface area contributed by atoms with Gasteiger partial charge in [0.15, 0.2) is 0 Å². The molecule has 0 radical (unpaired) electrons. The first-order valence-electron chi connectivity index (χ1n) is 7.41. The van der Waals surface area contributed by atoms with Gasteiger partial charge in [0, 0.05) is 18.1 Å². The van der Waals surface area contributed by atoms with Crippen LogP contribution in [0.15, 0.2) is 0 Å². The normalized spacial score (nSPS) is 36.2. The van der Waals surface area contributed by atoms with Gasteiger partial charge < -0.3 is 5.11 Å². The third kappa shape index (κ3) is 2.28. The van der Waals surface area contributed by atoms with Crippen LogP contribution in [0.3, 0.4) is 0 Å². The molecule has 0 heterocycles. The molecule has 0 aromatic carbocycles. The summed E-state index contributed by atoms with van der Waals surface area (Å²) in [4.78, 5) is 14.2. The number of hydrogen-bond donors (Lipinski definition) is 2. The van der Waals surface area contributed by atoms with Gasteiger partial charge in [-0.15, -0.1) is 0 Å². The molecule has 3 aliphatic carbocycles. The minimum Gasteiger partial charge on any atom is -0.480 e. The van der Waals surface area contributed by atoms with Crippen molar-refractivity contribution in [1.82, 2.24) is 10.2 Å². The molecule has 18 heavy (non-hydrogen) atoms. The van der Waals surface area contributed by atoms with Gasteiger partial charge in [0.1, 0.15) is 5.54 Å². The van der Waals surface area contributed by atoms with Crippen molar-refractivity contribution in [2.75, 3.05) is 6.54 Å².